The Labute approximate surface area is 212 Å². The number of fused-ring (bicyclic) bond motifs is 4. The third-order valence-electron chi connectivity index (χ3n) is 7.38. The van der Waals surface area contributed by atoms with Crippen LogP contribution >= 0.6 is 0 Å². The van der Waals surface area contributed by atoms with Crippen LogP contribution in [0.25, 0.3) is 11.6 Å². The maximum Gasteiger partial charge on any atom is 0.111 e. The Hall–Kier alpha value is -2.68. The Bertz CT molecular complexity index is 1210. The SMILES string of the molecule is C=C/C=C(\C=C/C)C1=C/C2=CC(O)(C(C)(C)C)C=C(/C=C\c3cc(C(C)(C)C)cc\1c3C)C2(C)O. The first-order chi connectivity index (χ1) is 16.0. The topological polar surface area (TPSA) is 40.5 Å². The van der Waals surface area contributed by atoms with Crippen molar-refractivity contribution in [3.8, 4) is 0 Å². The zero-order chi connectivity index (χ0) is 26.4. The molecule has 2 N–H and O–H groups in total. The van der Waals surface area contributed by atoms with E-state index in [0.29, 0.717) is 11.1 Å². The molecule has 35 heavy (non-hydrogen) atoms. The van der Waals surface area contributed by atoms with Crippen LogP contribution in [0.4, 0.5) is 0 Å². The van der Waals surface area contributed by atoms with Gasteiger partial charge in [0.1, 0.15) is 11.2 Å². The van der Waals surface area contributed by atoms with Crippen LogP contribution in [0.15, 0.2) is 84.0 Å². The van der Waals surface area contributed by atoms with Crippen molar-refractivity contribution in [2.24, 2.45) is 5.41 Å². The first-order valence-electron chi connectivity index (χ1n) is 12.5. The molecule has 0 aliphatic heterocycles. The van der Waals surface area contributed by atoms with Crippen molar-refractivity contribution in [1.82, 2.24) is 0 Å². The smallest absolute Gasteiger partial charge is 0.111 e. The highest BCUT2D eigenvalue weighted by atomic mass is 16.3. The van der Waals surface area contributed by atoms with Gasteiger partial charge in [-0.05, 0) is 94.4 Å². The van der Waals surface area contributed by atoms with Crippen molar-refractivity contribution in [3.63, 3.8) is 0 Å². The van der Waals surface area contributed by atoms with E-state index in [2.05, 4.69) is 64.6 Å². The Morgan fingerprint density at radius 3 is 2.14 bits per heavy atom. The molecule has 2 nitrogen and oxygen atoms in total. The third-order valence-corrected chi connectivity index (χ3v) is 7.38. The van der Waals surface area contributed by atoms with Gasteiger partial charge in [0.15, 0.2) is 0 Å². The number of aliphatic hydroxyl groups is 2. The van der Waals surface area contributed by atoms with E-state index >= 15 is 0 Å². The Balaban J connectivity index is 2.54. The van der Waals surface area contributed by atoms with Gasteiger partial charge in [-0.2, -0.15) is 0 Å². The van der Waals surface area contributed by atoms with Crippen molar-refractivity contribution in [2.75, 3.05) is 0 Å². The summed E-state index contributed by atoms with van der Waals surface area (Å²) >= 11 is 0. The molecule has 2 aliphatic carbocycles. The molecule has 0 saturated carbocycles. The van der Waals surface area contributed by atoms with Gasteiger partial charge in [0.05, 0.1) is 0 Å². The van der Waals surface area contributed by atoms with Crippen molar-refractivity contribution in [3.05, 3.63) is 106 Å². The molecule has 3 rings (SSSR count). The van der Waals surface area contributed by atoms with E-state index in [1.54, 1.807) is 13.0 Å². The van der Waals surface area contributed by atoms with Crippen LogP contribution in [-0.2, 0) is 5.41 Å². The van der Waals surface area contributed by atoms with Crippen molar-refractivity contribution in [1.29, 1.82) is 0 Å². The van der Waals surface area contributed by atoms with E-state index in [0.717, 1.165) is 22.3 Å². The van der Waals surface area contributed by atoms with Crippen LogP contribution in [0.2, 0.25) is 0 Å². The minimum absolute atomic E-state index is 0.0322. The lowest BCUT2D eigenvalue weighted by molar-refractivity contribution is 0.0196. The van der Waals surface area contributed by atoms with Gasteiger partial charge < -0.3 is 10.2 Å². The number of rotatable bonds is 3. The zero-order valence-electron chi connectivity index (χ0n) is 23.0. The van der Waals surface area contributed by atoms with E-state index in [4.69, 9.17) is 0 Å². The summed E-state index contributed by atoms with van der Waals surface area (Å²) in [6.07, 6.45) is 17.6. The second kappa shape index (κ2) is 9.08. The molecule has 2 aliphatic rings. The largest absolute Gasteiger partial charge is 0.381 e. The third kappa shape index (κ3) is 5.01. The molecule has 0 amide bonds. The summed E-state index contributed by atoms with van der Waals surface area (Å²) in [5, 5.41) is 23.5. The number of hydrogen-bond donors (Lipinski definition) is 2. The number of hydrogen-bond acceptors (Lipinski definition) is 2. The van der Waals surface area contributed by atoms with Crippen molar-refractivity contribution in [2.45, 2.75) is 78.9 Å². The molecule has 186 valence electrons. The van der Waals surface area contributed by atoms with Crippen molar-refractivity contribution < 1.29 is 10.2 Å². The van der Waals surface area contributed by atoms with E-state index in [9.17, 15) is 10.2 Å². The van der Waals surface area contributed by atoms with E-state index in [-0.39, 0.29) is 5.41 Å². The van der Waals surface area contributed by atoms with Crippen molar-refractivity contribution >= 4 is 11.6 Å². The molecule has 2 unspecified atom stereocenters. The van der Waals surface area contributed by atoms with Gasteiger partial charge in [-0.1, -0.05) is 96.7 Å². The quantitative estimate of drug-likeness (QED) is 0.443. The van der Waals surface area contributed by atoms with Gasteiger partial charge in [-0.15, -0.1) is 0 Å². The fourth-order valence-corrected chi connectivity index (χ4v) is 4.60. The van der Waals surface area contributed by atoms with Gasteiger partial charge in [0, 0.05) is 0 Å². The van der Waals surface area contributed by atoms with Crippen LogP contribution in [0, 0.1) is 12.3 Å². The first kappa shape index (κ1) is 26.9. The number of allylic oxidation sites excluding steroid dienone is 6. The average Bonchev–Trinajstić information content (AvgIpc) is 2.72. The molecule has 1 aromatic rings. The van der Waals surface area contributed by atoms with Gasteiger partial charge in [0.25, 0.3) is 0 Å². The summed E-state index contributed by atoms with van der Waals surface area (Å²) in [5.41, 5.74) is 5.02. The minimum atomic E-state index is -1.26. The van der Waals surface area contributed by atoms with Crippen LogP contribution < -0.4 is 0 Å². The van der Waals surface area contributed by atoms with Crippen LogP contribution in [0.3, 0.4) is 0 Å². The molecule has 1 aromatic carbocycles. The second-order valence-corrected chi connectivity index (χ2v) is 12.1. The molecular weight excluding hydrogens is 428 g/mol. The number of benzene rings is 1. The standard InChI is InChI=1S/C33H42O2/c1-11-13-23(14-12-2)29-19-27-21-33(35,31(7,8)9)20-25(32(27,10)34)16-15-24-17-26(30(4,5)6)18-28(29)22(24)3/h11-21,34-35H,1H2,2-10H3/b14-12-,16-15-,23-13+,29-19-. The predicted molar refractivity (Wildman–Crippen MR) is 151 cm³/mol. The van der Waals surface area contributed by atoms with E-state index in [1.807, 2.05) is 58.1 Å². The van der Waals surface area contributed by atoms with Gasteiger partial charge in [-0.3, -0.25) is 0 Å². The monoisotopic (exact) mass is 470 g/mol. The fourth-order valence-electron chi connectivity index (χ4n) is 4.60. The summed E-state index contributed by atoms with van der Waals surface area (Å²) < 4.78 is 0. The molecule has 0 heterocycles. The van der Waals surface area contributed by atoms with E-state index in [1.165, 1.54) is 11.1 Å². The molecule has 0 saturated heterocycles. The highest BCUT2D eigenvalue weighted by Gasteiger charge is 2.44. The van der Waals surface area contributed by atoms with Crippen LogP contribution in [0.1, 0.15) is 77.6 Å². The maximum atomic E-state index is 11.8. The summed E-state index contributed by atoms with van der Waals surface area (Å²) in [6.45, 7) is 22.6. The molecular formula is C33H42O2. The lowest BCUT2D eigenvalue weighted by atomic mass is 9.67. The molecule has 2 heteroatoms. The minimum Gasteiger partial charge on any atom is -0.381 e. The van der Waals surface area contributed by atoms with Gasteiger partial charge >= 0.3 is 0 Å². The normalized spacial score (nSPS) is 27.6. The molecule has 4 bridgehead atoms. The summed E-state index contributed by atoms with van der Waals surface area (Å²) in [7, 11) is 0. The van der Waals surface area contributed by atoms with Gasteiger partial charge in [0.2, 0.25) is 0 Å². The Morgan fingerprint density at radius 2 is 1.60 bits per heavy atom. The second-order valence-electron chi connectivity index (χ2n) is 12.1. The lowest BCUT2D eigenvalue weighted by Crippen LogP contribution is -2.46. The highest BCUT2D eigenvalue weighted by molar-refractivity contribution is 5.88. The van der Waals surface area contributed by atoms with Crippen LogP contribution in [-0.4, -0.2) is 21.4 Å². The summed E-state index contributed by atoms with van der Waals surface area (Å²) in [5.74, 6) is 0. The van der Waals surface area contributed by atoms with Gasteiger partial charge in [-0.25, -0.2) is 0 Å². The highest BCUT2D eigenvalue weighted by Crippen LogP contribution is 2.46. The molecule has 2 atom stereocenters. The average molecular weight is 471 g/mol. The van der Waals surface area contributed by atoms with Crippen LogP contribution in [0.5, 0.6) is 0 Å². The van der Waals surface area contributed by atoms with E-state index < -0.39 is 16.6 Å². The first-order valence-corrected chi connectivity index (χ1v) is 12.5. The summed E-state index contributed by atoms with van der Waals surface area (Å²) in [6, 6.07) is 4.51. The predicted octanol–water partition coefficient (Wildman–Crippen LogP) is 7.79. The summed E-state index contributed by atoms with van der Waals surface area (Å²) in [4.78, 5) is 0. The maximum absolute atomic E-state index is 11.8. The lowest BCUT2D eigenvalue weighted by Gasteiger charge is -2.43. The Morgan fingerprint density at radius 1 is 0.971 bits per heavy atom. The fraction of sp³-hybridized carbons (Fsp3) is 0.394. The molecule has 0 aromatic heterocycles. The zero-order valence-corrected chi connectivity index (χ0v) is 23.0. The molecule has 0 spiro atoms. The molecule has 0 fully saturated rings. The molecule has 0 radical (unpaired) electrons. The Kier molecular flexibility index (Phi) is 6.98.